The zero-order chi connectivity index (χ0) is 9.59. The van der Waals surface area contributed by atoms with Gasteiger partial charge in [-0.1, -0.05) is 6.08 Å². The van der Waals surface area contributed by atoms with Crippen molar-refractivity contribution in [2.75, 3.05) is 0 Å². The molecule has 0 amide bonds. The molecule has 3 unspecified atom stereocenters. The third-order valence-corrected chi connectivity index (χ3v) is 3.73. The lowest BCUT2D eigenvalue weighted by molar-refractivity contribution is 0.162. The molecule has 1 aliphatic heterocycles. The summed E-state index contributed by atoms with van der Waals surface area (Å²) in [6.45, 7) is 9.19. The van der Waals surface area contributed by atoms with Crippen LogP contribution in [0, 0.1) is 11.8 Å². The molecule has 1 saturated heterocycles. The molecule has 1 aliphatic carbocycles. The fourth-order valence-electron chi connectivity index (χ4n) is 3.01. The third kappa shape index (κ3) is 1.38. The third-order valence-electron chi connectivity index (χ3n) is 3.73. The first kappa shape index (κ1) is 9.11. The quantitative estimate of drug-likeness (QED) is 0.598. The largest absolute Gasteiger partial charge is 0.370 e. The highest BCUT2D eigenvalue weighted by Crippen LogP contribution is 2.52. The van der Waals surface area contributed by atoms with E-state index in [9.17, 15) is 0 Å². The summed E-state index contributed by atoms with van der Waals surface area (Å²) in [6.07, 6.45) is 5.12. The van der Waals surface area contributed by atoms with E-state index in [0.717, 1.165) is 17.9 Å². The Hall–Kier alpha value is -0.460. The van der Waals surface area contributed by atoms with Crippen molar-refractivity contribution in [3.05, 3.63) is 11.8 Å². The Morgan fingerprint density at radius 3 is 2.69 bits per heavy atom. The van der Waals surface area contributed by atoms with Crippen LogP contribution in [-0.2, 0) is 0 Å². The molecule has 2 aliphatic rings. The summed E-state index contributed by atoms with van der Waals surface area (Å²) >= 11 is 0. The Morgan fingerprint density at radius 2 is 2.15 bits per heavy atom. The highest BCUT2D eigenvalue weighted by molar-refractivity contribution is 5.15. The van der Waals surface area contributed by atoms with E-state index in [4.69, 9.17) is 0 Å². The van der Waals surface area contributed by atoms with Crippen LogP contribution in [0.2, 0.25) is 0 Å². The van der Waals surface area contributed by atoms with Crippen LogP contribution in [0.3, 0.4) is 0 Å². The predicted molar refractivity (Wildman–Crippen MR) is 56.4 cm³/mol. The SMILES string of the molecule is CC=C1CC2CC2C(C)N1C(C)C. The second-order valence-electron chi connectivity index (χ2n) is 4.89. The number of rotatable bonds is 1. The molecule has 0 aromatic rings. The van der Waals surface area contributed by atoms with Crippen LogP contribution in [0.1, 0.15) is 40.5 Å². The van der Waals surface area contributed by atoms with Crippen molar-refractivity contribution in [3.63, 3.8) is 0 Å². The summed E-state index contributed by atoms with van der Waals surface area (Å²) in [5.74, 6) is 2.03. The molecule has 3 atom stereocenters. The van der Waals surface area contributed by atoms with Crippen LogP contribution < -0.4 is 0 Å². The maximum Gasteiger partial charge on any atom is 0.0292 e. The van der Waals surface area contributed by atoms with Gasteiger partial charge in [-0.2, -0.15) is 0 Å². The number of nitrogens with zero attached hydrogens (tertiary/aromatic N) is 1. The first-order valence-corrected chi connectivity index (χ1v) is 5.58. The molecule has 0 aromatic carbocycles. The molecule has 1 nitrogen and oxygen atoms in total. The van der Waals surface area contributed by atoms with Gasteiger partial charge in [0.2, 0.25) is 0 Å². The lowest BCUT2D eigenvalue weighted by Gasteiger charge is -2.40. The normalized spacial score (nSPS) is 41.2. The number of allylic oxidation sites excluding steroid dienone is 2. The monoisotopic (exact) mass is 179 g/mol. The highest BCUT2D eigenvalue weighted by atomic mass is 15.2. The molecule has 1 heteroatoms. The van der Waals surface area contributed by atoms with Crippen LogP contribution in [0.25, 0.3) is 0 Å². The van der Waals surface area contributed by atoms with Gasteiger partial charge < -0.3 is 4.90 Å². The fraction of sp³-hybridized carbons (Fsp3) is 0.833. The van der Waals surface area contributed by atoms with Gasteiger partial charge >= 0.3 is 0 Å². The molecule has 74 valence electrons. The standard InChI is InChI=1S/C12H21N/c1-5-11-6-10-7-12(10)9(4)13(11)8(2)3/h5,8-10,12H,6-7H2,1-4H3. The summed E-state index contributed by atoms with van der Waals surface area (Å²) in [5, 5.41) is 0. The maximum atomic E-state index is 2.62. The summed E-state index contributed by atoms with van der Waals surface area (Å²) in [7, 11) is 0. The second kappa shape index (κ2) is 3.04. The minimum Gasteiger partial charge on any atom is -0.370 e. The molecule has 13 heavy (non-hydrogen) atoms. The molecule has 0 spiro atoms. The van der Waals surface area contributed by atoms with Gasteiger partial charge in [0.1, 0.15) is 0 Å². The summed E-state index contributed by atoms with van der Waals surface area (Å²) in [6, 6.07) is 1.45. The Kier molecular flexibility index (Phi) is 2.13. The van der Waals surface area contributed by atoms with Gasteiger partial charge in [-0.15, -0.1) is 0 Å². The van der Waals surface area contributed by atoms with Crippen molar-refractivity contribution < 1.29 is 0 Å². The van der Waals surface area contributed by atoms with Crippen LogP contribution in [0.4, 0.5) is 0 Å². The Morgan fingerprint density at radius 1 is 1.46 bits per heavy atom. The molecule has 2 rings (SSSR count). The number of likely N-dealkylation sites (tertiary alicyclic amines) is 1. The summed E-state index contributed by atoms with van der Waals surface area (Å²) in [4.78, 5) is 2.62. The average Bonchev–Trinajstić information content (AvgIpc) is 2.82. The smallest absolute Gasteiger partial charge is 0.0292 e. The van der Waals surface area contributed by atoms with Crippen molar-refractivity contribution in [3.8, 4) is 0 Å². The van der Waals surface area contributed by atoms with Crippen molar-refractivity contribution >= 4 is 0 Å². The predicted octanol–water partition coefficient (Wildman–Crippen LogP) is 3.03. The first-order valence-electron chi connectivity index (χ1n) is 5.58. The fourth-order valence-corrected chi connectivity index (χ4v) is 3.01. The number of piperidine rings is 1. The van der Waals surface area contributed by atoms with Crippen LogP contribution >= 0.6 is 0 Å². The lowest BCUT2D eigenvalue weighted by atomic mass is 9.98. The Bertz CT molecular complexity index is 229. The van der Waals surface area contributed by atoms with E-state index >= 15 is 0 Å². The molecule has 0 radical (unpaired) electrons. The van der Waals surface area contributed by atoms with Gasteiger partial charge in [0.25, 0.3) is 0 Å². The van der Waals surface area contributed by atoms with E-state index < -0.39 is 0 Å². The summed E-state index contributed by atoms with van der Waals surface area (Å²) in [5.41, 5.74) is 1.58. The van der Waals surface area contributed by atoms with Gasteiger partial charge in [-0.05, 0) is 52.4 Å². The molecule has 0 aromatic heterocycles. The molecule has 1 saturated carbocycles. The van der Waals surface area contributed by atoms with Gasteiger partial charge in [0.15, 0.2) is 0 Å². The minimum absolute atomic E-state index is 0.669. The van der Waals surface area contributed by atoms with Crippen LogP contribution in [0.5, 0.6) is 0 Å². The van der Waals surface area contributed by atoms with Crippen LogP contribution in [-0.4, -0.2) is 17.0 Å². The molecular formula is C12H21N. The summed E-state index contributed by atoms with van der Waals surface area (Å²) < 4.78 is 0. The number of hydrogen-bond acceptors (Lipinski definition) is 1. The molecule has 0 bridgehead atoms. The van der Waals surface area contributed by atoms with E-state index in [0.29, 0.717) is 6.04 Å². The highest BCUT2D eigenvalue weighted by Gasteiger charge is 2.48. The first-order chi connectivity index (χ1) is 6.15. The molecule has 1 heterocycles. The van der Waals surface area contributed by atoms with Crippen molar-refractivity contribution in [1.82, 2.24) is 4.90 Å². The minimum atomic E-state index is 0.669. The van der Waals surface area contributed by atoms with E-state index in [1.54, 1.807) is 5.70 Å². The Labute approximate surface area is 81.8 Å². The zero-order valence-electron chi connectivity index (χ0n) is 9.25. The van der Waals surface area contributed by atoms with E-state index in [1.165, 1.54) is 12.8 Å². The van der Waals surface area contributed by atoms with E-state index in [2.05, 4.69) is 38.7 Å². The van der Waals surface area contributed by atoms with Gasteiger partial charge in [-0.25, -0.2) is 0 Å². The molecule has 2 fully saturated rings. The van der Waals surface area contributed by atoms with Crippen LogP contribution in [0.15, 0.2) is 11.8 Å². The molecular weight excluding hydrogens is 158 g/mol. The topological polar surface area (TPSA) is 3.24 Å². The lowest BCUT2D eigenvalue weighted by Crippen LogP contribution is -2.42. The molecule has 0 N–H and O–H groups in total. The van der Waals surface area contributed by atoms with Gasteiger partial charge in [0.05, 0.1) is 0 Å². The van der Waals surface area contributed by atoms with Gasteiger partial charge in [-0.3, -0.25) is 0 Å². The van der Waals surface area contributed by atoms with E-state index in [1.807, 2.05) is 0 Å². The Balaban J connectivity index is 2.19. The number of hydrogen-bond donors (Lipinski definition) is 0. The number of fused-ring (bicyclic) bond motifs is 1. The van der Waals surface area contributed by atoms with Crippen molar-refractivity contribution in [2.45, 2.75) is 52.6 Å². The average molecular weight is 179 g/mol. The van der Waals surface area contributed by atoms with E-state index in [-0.39, 0.29) is 0 Å². The zero-order valence-corrected chi connectivity index (χ0v) is 9.25. The van der Waals surface area contributed by atoms with Crippen molar-refractivity contribution in [1.29, 1.82) is 0 Å². The maximum absolute atomic E-state index is 2.62. The second-order valence-corrected chi connectivity index (χ2v) is 4.89. The van der Waals surface area contributed by atoms with Gasteiger partial charge in [0, 0.05) is 17.8 Å². The van der Waals surface area contributed by atoms with Crippen molar-refractivity contribution in [2.24, 2.45) is 11.8 Å².